The largest absolute Gasteiger partial charge is 0.357 e. The van der Waals surface area contributed by atoms with Crippen LogP contribution in [-0.4, -0.2) is 29.0 Å². The van der Waals surface area contributed by atoms with Crippen LogP contribution in [0.5, 0.6) is 0 Å². The van der Waals surface area contributed by atoms with Gasteiger partial charge in [-0.05, 0) is 44.4 Å². The van der Waals surface area contributed by atoms with E-state index in [-0.39, 0.29) is 24.0 Å². The molecule has 0 spiro atoms. The van der Waals surface area contributed by atoms with Crippen LogP contribution >= 0.6 is 35.3 Å². The van der Waals surface area contributed by atoms with Crippen LogP contribution in [0, 0.1) is 13.8 Å². The highest BCUT2D eigenvalue weighted by atomic mass is 127. The lowest BCUT2D eigenvalue weighted by Gasteiger charge is -2.11. The first kappa shape index (κ1) is 19.8. The molecule has 0 saturated carbocycles. The van der Waals surface area contributed by atoms with Crippen molar-refractivity contribution >= 4 is 41.3 Å². The van der Waals surface area contributed by atoms with Gasteiger partial charge in [-0.1, -0.05) is 0 Å². The Morgan fingerprint density at radius 3 is 2.74 bits per heavy atom. The fourth-order valence-corrected chi connectivity index (χ4v) is 2.77. The zero-order chi connectivity index (χ0) is 15.8. The molecule has 0 bridgehead atoms. The van der Waals surface area contributed by atoms with Gasteiger partial charge in [-0.25, -0.2) is 9.98 Å². The lowest BCUT2D eigenvalue weighted by atomic mass is 10.1. The second-order valence-corrected chi connectivity index (χ2v) is 6.36. The summed E-state index contributed by atoms with van der Waals surface area (Å²) in [5.74, 6) is 0.835. The van der Waals surface area contributed by atoms with Crippen LogP contribution in [-0.2, 0) is 13.0 Å². The summed E-state index contributed by atoms with van der Waals surface area (Å²) in [5, 5.41) is 7.67. The molecule has 2 aromatic heterocycles. The Balaban J connectivity index is 0.00000264. The van der Waals surface area contributed by atoms with Crippen molar-refractivity contribution in [3.05, 3.63) is 45.7 Å². The van der Waals surface area contributed by atoms with Crippen LogP contribution < -0.4 is 10.6 Å². The molecule has 23 heavy (non-hydrogen) atoms. The molecule has 7 heteroatoms. The molecule has 2 aromatic rings. The van der Waals surface area contributed by atoms with Gasteiger partial charge in [-0.15, -0.1) is 35.3 Å². The van der Waals surface area contributed by atoms with Gasteiger partial charge in [0.1, 0.15) is 5.01 Å². The Morgan fingerprint density at radius 1 is 1.26 bits per heavy atom. The number of nitrogens with one attached hydrogen (secondary N) is 2. The fraction of sp³-hybridized carbons (Fsp3) is 0.438. The van der Waals surface area contributed by atoms with E-state index >= 15 is 0 Å². The van der Waals surface area contributed by atoms with Gasteiger partial charge in [0.05, 0.1) is 6.54 Å². The number of guanidine groups is 1. The molecular weight excluding hydrogens is 421 g/mol. The Labute approximate surface area is 159 Å². The van der Waals surface area contributed by atoms with E-state index in [0.717, 1.165) is 30.5 Å². The Kier molecular flexibility index (Phi) is 9.08. The lowest BCUT2D eigenvalue weighted by molar-refractivity contribution is 0.795. The fourth-order valence-electron chi connectivity index (χ4n) is 2.06. The minimum atomic E-state index is 0. The number of hydrogen-bond acceptors (Lipinski definition) is 4. The summed E-state index contributed by atoms with van der Waals surface area (Å²) in [6, 6.07) is 2.07. The van der Waals surface area contributed by atoms with Crippen LogP contribution in [0.15, 0.2) is 29.6 Å². The van der Waals surface area contributed by atoms with Gasteiger partial charge in [0.25, 0.3) is 0 Å². The van der Waals surface area contributed by atoms with Crippen molar-refractivity contribution in [2.24, 2.45) is 4.99 Å². The average Bonchev–Trinajstić information content (AvgIpc) is 2.92. The Bertz CT molecular complexity index is 626. The van der Waals surface area contributed by atoms with E-state index in [0.29, 0.717) is 6.54 Å². The molecule has 0 aromatic carbocycles. The van der Waals surface area contributed by atoms with E-state index in [9.17, 15) is 0 Å². The third kappa shape index (κ3) is 6.82. The Hall–Kier alpha value is -1.22. The summed E-state index contributed by atoms with van der Waals surface area (Å²) in [4.78, 5) is 14.3. The van der Waals surface area contributed by atoms with Crippen LogP contribution in [0.25, 0.3) is 0 Å². The van der Waals surface area contributed by atoms with Crippen molar-refractivity contribution in [1.29, 1.82) is 0 Å². The smallest absolute Gasteiger partial charge is 0.191 e. The van der Waals surface area contributed by atoms with Crippen LogP contribution in [0.1, 0.15) is 27.9 Å². The molecule has 0 unspecified atom stereocenters. The first-order valence-electron chi connectivity index (χ1n) is 7.52. The highest BCUT2D eigenvalue weighted by Gasteiger charge is 2.02. The summed E-state index contributed by atoms with van der Waals surface area (Å²) < 4.78 is 0. The normalized spacial score (nSPS) is 11.0. The van der Waals surface area contributed by atoms with E-state index < -0.39 is 0 Å². The second-order valence-electron chi connectivity index (χ2n) is 5.04. The molecule has 0 aliphatic rings. The summed E-state index contributed by atoms with van der Waals surface area (Å²) in [7, 11) is 0. The van der Waals surface area contributed by atoms with Crippen LogP contribution in [0.2, 0.25) is 0 Å². The highest BCUT2D eigenvalue weighted by Crippen LogP contribution is 2.11. The van der Waals surface area contributed by atoms with E-state index in [1.54, 1.807) is 11.3 Å². The maximum absolute atomic E-state index is 4.58. The van der Waals surface area contributed by atoms with Crippen molar-refractivity contribution in [1.82, 2.24) is 20.6 Å². The minimum absolute atomic E-state index is 0. The standard InChI is InChI=1S/C16H23N5S.HI/c1-4-18-16(21-11-15-20-10-13(3)22-15)19-8-6-14-5-7-17-9-12(14)2;/h5,7,9-10H,4,6,8,11H2,1-3H3,(H2,18,19,21);1H. The number of rotatable bonds is 6. The minimum Gasteiger partial charge on any atom is -0.357 e. The molecule has 0 radical (unpaired) electrons. The van der Waals surface area contributed by atoms with Gasteiger partial charge in [0.15, 0.2) is 5.96 Å². The van der Waals surface area contributed by atoms with Crippen molar-refractivity contribution < 1.29 is 0 Å². The van der Waals surface area contributed by atoms with Gasteiger partial charge in [-0.2, -0.15) is 0 Å². The molecule has 0 fully saturated rings. The molecular formula is C16H24IN5S. The van der Waals surface area contributed by atoms with Gasteiger partial charge in [0.2, 0.25) is 0 Å². The molecule has 0 amide bonds. The van der Waals surface area contributed by atoms with Gasteiger partial charge >= 0.3 is 0 Å². The number of aliphatic imine (C=N–C) groups is 1. The predicted octanol–water partition coefficient (Wildman–Crippen LogP) is 3.07. The monoisotopic (exact) mass is 445 g/mol. The summed E-state index contributed by atoms with van der Waals surface area (Å²) >= 11 is 1.69. The first-order chi connectivity index (χ1) is 10.7. The van der Waals surface area contributed by atoms with Crippen molar-refractivity contribution in [3.8, 4) is 0 Å². The molecule has 126 valence electrons. The van der Waals surface area contributed by atoms with Crippen molar-refractivity contribution in [2.45, 2.75) is 33.7 Å². The lowest BCUT2D eigenvalue weighted by Crippen LogP contribution is -2.38. The molecule has 2 rings (SSSR count). The zero-order valence-corrected chi connectivity index (χ0v) is 16.9. The van der Waals surface area contributed by atoms with E-state index in [1.165, 1.54) is 16.0 Å². The number of halogens is 1. The predicted molar refractivity (Wildman–Crippen MR) is 108 cm³/mol. The topological polar surface area (TPSA) is 62.2 Å². The maximum atomic E-state index is 4.58. The number of aryl methyl sites for hydroxylation is 2. The molecule has 0 aliphatic heterocycles. The van der Waals surface area contributed by atoms with Gasteiger partial charge < -0.3 is 10.6 Å². The van der Waals surface area contributed by atoms with Crippen LogP contribution in [0.3, 0.4) is 0 Å². The number of pyridine rings is 1. The molecule has 0 aliphatic carbocycles. The van der Waals surface area contributed by atoms with Crippen molar-refractivity contribution in [2.75, 3.05) is 13.1 Å². The van der Waals surface area contributed by atoms with Crippen molar-refractivity contribution in [3.63, 3.8) is 0 Å². The molecule has 2 N–H and O–H groups in total. The number of thiazole rings is 1. The maximum Gasteiger partial charge on any atom is 0.191 e. The number of aromatic nitrogens is 2. The second kappa shape index (κ2) is 10.5. The third-order valence-corrected chi connectivity index (χ3v) is 4.11. The third-order valence-electron chi connectivity index (χ3n) is 3.21. The molecule has 5 nitrogen and oxygen atoms in total. The molecule has 0 saturated heterocycles. The first-order valence-corrected chi connectivity index (χ1v) is 8.33. The molecule has 2 heterocycles. The zero-order valence-electron chi connectivity index (χ0n) is 13.8. The SMILES string of the molecule is CCNC(=NCc1ncc(C)s1)NCCc1ccncc1C.I. The highest BCUT2D eigenvalue weighted by molar-refractivity contribution is 14.0. The van der Waals surface area contributed by atoms with E-state index in [4.69, 9.17) is 0 Å². The average molecular weight is 445 g/mol. The number of hydrogen-bond donors (Lipinski definition) is 2. The van der Waals surface area contributed by atoms with E-state index in [1.807, 2.05) is 18.6 Å². The van der Waals surface area contributed by atoms with Gasteiger partial charge in [0, 0.05) is 36.6 Å². The van der Waals surface area contributed by atoms with E-state index in [2.05, 4.69) is 52.4 Å². The summed E-state index contributed by atoms with van der Waals surface area (Å²) in [6.45, 7) is 8.52. The van der Waals surface area contributed by atoms with Crippen LogP contribution in [0.4, 0.5) is 0 Å². The van der Waals surface area contributed by atoms with Gasteiger partial charge in [-0.3, -0.25) is 4.98 Å². The Morgan fingerprint density at radius 2 is 2.09 bits per heavy atom. The summed E-state index contributed by atoms with van der Waals surface area (Å²) in [5.41, 5.74) is 2.54. The number of nitrogens with zero attached hydrogens (tertiary/aromatic N) is 3. The molecule has 0 atom stereocenters. The summed E-state index contributed by atoms with van der Waals surface area (Å²) in [6.07, 6.45) is 6.59. The quantitative estimate of drug-likeness (QED) is 0.408.